The van der Waals surface area contributed by atoms with Crippen molar-refractivity contribution in [1.29, 1.82) is 0 Å². The molecule has 0 fully saturated rings. The minimum Gasteiger partial charge on any atom is -0.455 e. The maximum absolute atomic E-state index is 13.3. The number of nitrogens with one attached hydrogen (secondary N) is 3. The summed E-state index contributed by atoms with van der Waals surface area (Å²) in [4.78, 5) is 20.4. The first-order valence-corrected chi connectivity index (χ1v) is 10.9. The van der Waals surface area contributed by atoms with Crippen LogP contribution >= 0.6 is 11.9 Å². The fourth-order valence-electron chi connectivity index (χ4n) is 2.99. The topological polar surface area (TPSA) is 131 Å². The summed E-state index contributed by atoms with van der Waals surface area (Å²) in [5.41, 5.74) is 7.57. The molecule has 5 N–H and O–H groups in total. The number of H-pyrrole nitrogens is 1. The highest BCUT2D eigenvalue weighted by Crippen LogP contribution is 2.37. The van der Waals surface area contributed by atoms with Gasteiger partial charge in [0.2, 0.25) is 0 Å². The maximum Gasteiger partial charge on any atom is 0.254 e. The normalized spacial score (nSPS) is 10.6. The van der Waals surface area contributed by atoms with E-state index in [0.29, 0.717) is 34.3 Å². The highest BCUT2D eigenvalue weighted by Gasteiger charge is 2.21. The predicted molar refractivity (Wildman–Crippen MR) is 126 cm³/mol. The van der Waals surface area contributed by atoms with Gasteiger partial charge in [0.15, 0.2) is 11.6 Å². The standard InChI is InChI=1S/C22H20FN7O2S/c1-2-33-30-16-8-3-13(11-17(16)32-15-6-4-14(23)5-7-15)20-19(21(24)31)22(29-28-20)27-18-12-25-9-10-26-18/h3-12,30H,2H2,1H3,(H2,24,31)(H2,26,27,28,29). The molecule has 4 rings (SSSR count). The van der Waals surface area contributed by atoms with Crippen LogP contribution in [0.25, 0.3) is 11.3 Å². The molecule has 1 amide bonds. The number of primary amides is 1. The third-order valence-electron chi connectivity index (χ3n) is 4.46. The van der Waals surface area contributed by atoms with Crippen LogP contribution in [0.15, 0.2) is 61.1 Å². The lowest BCUT2D eigenvalue weighted by atomic mass is 10.1. The summed E-state index contributed by atoms with van der Waals surface area (Å²) in [5.74, 6) is 1.38. The summed E-state index contributed by atoms with van der Waals surface area (Å²) >= 11 is 1.50. The van der Waals surface area contributed by atoms with Crippen molar-refractivity contribution in [3.05, 3.63) is 72.4 Å². The summed E-state index contributed by atoms with van der Waals surface area (Å²) in [6, 6.07) is 11.1. The Kier molecular flexibility index (Phi) is 6.69. The van der Waals surface area contributed by atoms with E-state index in [0.717, 1.165) is 5.75 Å². The Morgan fingerprint density at radius 2 is 2.03 bits per heavy atom. The molecule has 168 valence electrons. The van der Waals surface area contributed by atoms with E-state index >= 15 is 0 Å². The van der Waals surface area contributed by atoms with Crippen LogP contribution in [0.5, 0.6) is 11.5 Å². The molecular weight excluding hydrogens is 445 g/mol. The number of hydrogen-bond donors (Lipinski definition) is 4. The number of benzene rings is 2. The van der Waals surface area contributed by atoms with Crippen molar-refractivity contribution in [2.75, 3.05) is 15.8 Å². The molecule has 11 heteroatoms. The van der Waals surface area contributed by atoms with E-state index in [1.165, 1.54) is 54.8 Å². The molecule has 33 heavy (non-hydrogen) atoms. The molecule has 0 unspecified atom stereocenters. The first-order chi connectivity index (χ1) is 16.0. The molecule has 0 aliphatic rings. The number of hydrogen-bond acceptors (Lipinski definition) is 8. The maximum atomic E-state index is 13.3. The van der Waals surface area contributed by atoms with Gasteiger partial charge in [0.05, 0.1) is 17.6 Å². The van der Waals surface area contributed by atoms with Crippen molar-refractivity contribution in [1.82, 2.24) is 20.2 Å². The van der Waals surface area contributed by atoms with Crippen LogP contribution in [0.4, 0.5) is 21.7 Å². The SMILES string of the molecule is CCSNc1ccc(-c2[nH]nc(Nc3cnccn3)c2C(N)=O)cc1Oc1ccc(F)cc1. The molecule has 0 aliphatic carbocycles. The number of carbonyl (C=O) groups excluding carboxylic acids is 1. The lowest BCUT2D eigenvalue weighted by molar-refractivity contribution is 0.100. The second-order valence-electron chi connectivity index (χ2n) is 6.70. The van der Waals surface area contributed by atoms with Crippen molar-refractivity contribution in [3.63, 3.8) is 0 Å². The van der Waals surface area contributed by atoms with Gasteiger partial charge in [0.1, 0.15) is 22.9 Å². The van der Waals surface area contributed by atoms with Crippen LogP contribution in [0.3, 0.4) is 0 Å². The number of aromatic nitrogens is 4. The van der Waals surface area contributed by atoms with Crippen molar-refractivity contribution < 1.29 is 13.9 Å². The van der Waals surface area contributed by atoms with Gasteiger partial charge >= 0.3 is 0 Å². The lowest BCUT2D eigenvalue weighted by Gasteiger charge is -2.14. The average Bonchev–Trinajstić information content (AvgIpc) is 3.24. The molecule has 0 aliphatic heterocycles. The highest BCUT2D eigenvalue weighted by molar-refractivity contribution is 8.00. The number of nitrogens with two attached hydrogens (primary N) is 1. The summed E-state index contributed by atoms with van der Waals surface area (Å²) < 4.78 is 22.5. The van der Waals surface area contributed by atoms with Gasteiger partial charge < -0.3 is 20.5 Å². The molecule has 0 radical (unpaired) electrons. The van der Waals surface area contributed by atoms with Gasteiger partial charge in [0, 0.05) is 23.7 Å². The number of ether oxygens (including phenoxy) is 1. The number of anilines is 3. The van der Waals surface area contributed by atoms with Crippen LogP contribution < -0.4 is 20.5 Å². The predicted octanol–water partition coefficient (Wildman–Crippen LogP) is 4.72. The van der Waals surface area contributed by atoms with E-state index in [-0.39, 0.29) is 17.2 Å². The van der Waals surface area contributed by atoms with Crippen molar-refractivity contribution in [2.24, 2.45) is 5.73 Å². The molecule has 0 atom stereocenters. The van der Waals surface area contributed by atoms with E-state index in [4.69, 9.17) is 10.5 Å². The molecule has 0 saturated carbocycles. The molecule has 2 aromatic heterocycles. The third kappa shape index (κ3) is 5.21. The molecule has 2 heterocycles. The van der Waals surface area contributed by atoms with Gasteiger partial charge in [0.25, 0.3) is 5.91 Å². The van der Waals surface area contributed by atoms with E-state index < -0.39 is 5.91 Å². The summed E-state index contributed by atoms with van der Waals surface area (Å²) in [6.07, 6.45) is 4.55. The largest absolute Gasteiger partial charge is 0.455 e. The fraction of sp³-hybridized carbons (Fsp3) is 0.0909. The third-order valence-corrected chi connectivity index (χ3v) is 5.11. The number of nitrogens with zero attached hydrogens (tertiary/aromatic N) is 3. The van der Waals surface area contributed by atoms with Crippen molar-refractivity contribution in [3.8, 4) is 22.8 Å². The van der Waals surface area contributed by atoms with E-state index in [1.807, 2.05) is 19.1 Å². The van der Waals surface area contributed by atoms with Gasteiger partial charge in [-0.3, -0.25) is 14.9 Å². The first kappa shape index (κ1) is 22.1. The summed E-state index contributed by atoms with van der Waals surface area (Å²) in [5, 5.41) is 10.0. The van der Waals surface area contributed by atoms with Crippen molar-refractivity contribution in [2.45, 2.75) is 6.92 Å². The first-order valence-electron chi connectivity index (χ1n) is 9.92. The second kappa shape index (κ2) is 10.0. The Morgan fingerprint density at radius 3 is 2.73 bits per heavy atom. The number of amides is 1. The van der Waals surface area contributed by atoms with Crippen molar-refractivity contribution >= 4 is 35.2 Å². The van der Waals surface area contributed by atoms with Crippen LogP contribution in [0.2, 0.25) is 0 Å². The van der Waals surface area contributed by atoms with Crippen LogP contribution in [-0.2, 0) is 0 Å². The smallest absolute Gasteiger partial charge is 0.254 e. The fourth-order valence-corrected chi connectivity index (χ4v) is 3.46. The zero-order valence-corrected chi connectivity index (χ0v) is 18.3. The Labute approximate surface area is 193 Å². The minimum absolute atomic E-state index is 0.164. The van der Waals surface area contributed by atoms with Crippen LogP contribution in [0.1, 0.15) is 17.3 Å². The monoisotopic (exact) mass is 465 g/mol. The minimum atomic E-state index is -0.671. The number of carbonyl (C=O) groups is 1. The molecule has 2 aromatic carbocycles. The zero-order valence-electron chi connectivity index (χ0n) is 17.5. The summed E-state index contributed by atoms with van der Waals surface area (Å²) in [7, 11) is 0. The number of halogens is 1. The number of aromatic amines is 1. The van der Waals surface area contributed by atoms with Gasteiger partial charge in [-0.1, -0.05) is 24.9 Å². The number of rotatable bonds is 9. The van der Waals surface area contributed by atoms with Gasteiger partial charge in [-0.15, -0.1) is 0 Å². The van der Waals surface area contributed by atoms with Gasteiger partial charge in [-0.25, -0.2) is 9.37 Å². The second-order valence-corrected chi connectivity index (χ2v) is 7.77. The van der Waals surface area contributed by atoms with E-state index in [2.05, 4.69) is 30.2 Å². The Morgan fingerprint density at radius 1 is 1.21 bits per heavy atom. The quantitative estimate of drug-likeness (QED) is 0.261. The van der Waals surface area contributed by atoms with E-state index in [9.17, 15) is 9.18 Å². The van der Waals surface area contributed by atoms with Gasteiger partial charge in [-0.2, -0.15) is 5.10 Å². The van der Waals surface area contributed by atoms with Crippen LogP contribution in [0, 0.1) is 5.82 Å². The molecule has 0 saturated heterocycles. The summed E-state index contributed by atoms with van der Waals surface area (Å²) in [6.45, 7) is 2.02. The van der Waals surface area contributed by atoms with E-state index in [1.54, 1.807) is 6.07 Å². The van der Waals surface area contributed by atoms with Gasteiger partial charge in [-0.05, 0) is 36.4 Å². The Hall–Kier alpha value is -4.12. The molecule has 9 nitrogen and oxygen atoms in total. The molecular formula is C22H20FN7O2S. The molecule has 4 aromatic rings. The molecule has 0 bridgehead atoms. The molecule has 0 spiro atoms. The zero-order chi connectivity index (χ0) is 23.2. The highest BCUT2D eigenvalue weighted by atomic mass is 32.2. The average molecular weight is 466 g/mol. The lowest BCUT2D eigenvalue weighted by Crippen LogP contribution is -2.13. The Balaban J connectivity index is 1.72. The Bertz CT molecular complexity index is 1250. The van der Waals surface area contributed by atoms with Crippen LogP contribution in [-0.4, -0.2) is 31.8 Å².